The maximum atomic E-state index is 14.2. The molecule has 19 heavy (non-hydrogen) atoms. The van der Waals surface area contributed by atoms with E-state index in [2.05, 4.69) is 0 Å². The number of aliphatic hydroxyl groups is 1. The Morgan fingerprint density at radius 2 is 2.05 bits per heavy atom. The minimum absolute atomic E-state index is 0.0132. The standard InChI is InChI=1S/C13H17F2NO3/c1-3-19-11-7-5-4-6-10(11)13(14,15)12(18)16(2)8-9-17/h4-7,17H,3,8-9H2,1-2H3. The highest BCUT2D eigenvalue weighted by atomic mass is 19.3. The van der Waals surface area contributed by atoms with E-state index in [1.54, 1.807) is 13.0 Å². The van der Waals surface area contributed by atoms with E-state index in [4.69, 9.17) is 9.84 Å². The molecular formula is C13H17F2NO3. The zero-order valence-electron chi connectivity index (χ0n) is 10.9. The van der Waals surface area contributed by atoms with Crippen molar-refractivity contribution < 1.29 is 23.4 Å². The molecule has 0 aliphatic rings. The van der Waals surface area contributed by atoms with Gasteiger partial charge in [-0.1, -0.05) is 12.1 Å². The summed E-state index contributed by atoms with van der Waals surface area (Å²) >= 11 is 0. The van der Waals surface area contributed by atoms with Crippen molar-refractivity contribution in [3.05, 3.63) is 29.8 Å². The summed E-state index contributed by atoms with van der Waals surface area (Å²) < 4.78 is 33.4. The molecule has 0 bridgehead atoms. The van der Waals surface area contributed by atoms with Gasteiger partial charge in [-0.25, -0.2) is 0 Å². The van der Waals surface area contributed by atoms with E-state index in [1.807, 2.05) is 0 Å². The average Bonchev–Trinajstić information content (AvgIpc) is 2.39. The Morgan fingerprint density at radius 3 is 2.63 bits per heavy atom. The summed E-state index contributed by atoms with van der Waals surface area (Å²) in [5, 5.41) is 8.70. The van der Waals surface area contributed by atoms with Crippen molar-refractivity contribution in [1.82, 2.24) is 4.90 Å². The number of para-hydroxylation sites is 1. The summed E-state index contributed by atoms with van der Waals surface area (Å²) in [6.45, 7) is 1.39. The van der Waals surface area contributed by atoms with Gasteiger partial charge in [0, 0.05) is 13.6 Å². The topological polar surface area (TPSA) is 49.8 Å². The van der Waals surface area contributed by atoms with Gasteiger partial charge in [0.05, 0.1) is 18.8 Å². The van der Waals surface area contributed by atoms with Crippen LogP contribution in [0.5, 0.6) is 5.75 Å². The minimum atomic E-state index is -3.68. The second-order valence-corrected chi connectivity index (χ2v) is 3.95. The molecular weight excluding hydrogens is 256 g/mol. The molecule has 0 aromatic heterocycles. The van der Waals surface area contributed by atoms with Crippen LogP contribution in [0.15, 0.2) is 24.3 Å². The predicted molar refractivity (Wildman–Crippen MR) is 66.2 cm³/mol. The lowest BCUT2D eigenvalue weighted by Gasteiger charge is -2.24. The highest BCUT2D eigenvalue weighted by molar-refractivity contribution is 5.85. The van der Waals surface area contributed by atoms with Gasteiger partial charge in [-0.15, -0.1) is 0 Å². The van der Waals surface area contributed by atoms with E-state index in [0.717, 1.165) is 11.0 Å². The Bertz CT molecular complexity index is 438. The Hall–Kier alpha value is -1.69. The molecule has 1 aromatic carbocycles. The van der Waals surface area contributed by atoms with E-state index in [1.165, 1.54) is 19.2 Å². The number of alkyl halides is 2. The van der Waals surface area contributed by atoms with E-state index in [0.29, 0.717) is 0 Å². The summed E-state index contributed by atoms with van der Waals surface area (Å²) in [6.07, 6.45) is 0. The van der Waals surface area contributed by atoms with Crippen LogP contribution in [0, 0.1) is 0 Å². The van der Waals surface area contributed by atoms with E-state index in [9.17, 15) is 13.6 Å². The van der Waals surface area contributed by atoms with Gasteiger partial charge < -0.3 is 14.7 Å². The molecule has 106 valence electrons. The molecule has 6 heteroatoms. The molecule has 0 atom stereocenters. The van der Waals surface area contributed by atoms with Crippen molar-refractivity contribution in [1.29, 1.82) is 0 Å². The average molecular weight is 273 g/mol. The Balaban J connectivity index is 3.08. The summed E-state index contributed by atoms with van der Waals surface area (Å²) in [7, 11) is 1.22. The molecule has 0 aliphatic heterocycles. The number of ether oxygens (including phenoxy) is 1. The number of rotatable bonds is 6. The molecule has 0 fully saturated rings. The van der Waals surface area contributed by atoms with Crippen LogP contribution in [-0.4, -0.2) is 42.7 Å². The van der Waals surface area contributed by atoms with Crippen LogP contribution in [0.4, 0.5) is 8.78 Å². The molecule has 0 radical (unpaired) electrons. The first-order valence-corrected chi connectivity index (χ1v) is 5.91. The van der Waals surface area contributed by atoms with Crippen LogP contribution < -0.4 is 4.74 Å². The van der Waals surface area contributed by atoms with Crippen LogP contribution in [0.3, 0.4) is 0 Å². The first-order chi connectivity index (χ1) is 8.95. The lowest BCUT2D eigenvalue weighted by molar-refractivity contribution is -0.158. The fraction of sp³-hybridized carbons (Fsp3) is 0.462. The number of carbonyl (C=O) groups is 1. The molecule has 1 N–H and O–H groups in total. The number of nitrogens with zero attached hydrogens (tertiary/aromatic N) is 1. The monoisotopic (exact) mass is 273 g/mol. The molecule has 0 heterocycles. The normalized spacial score (nSPS) is 11.2. The quantitative estimate of drug-likeness (QED) is 0.857. The third kappa shape index (κ3) is 3.41. The van der Waals surface area contributed by atoms with Crippen molar-refractivity contribution in [2.24, 2.45) is 0 Å². The van der Waals surface area contributed by atoms with Gasteiger partial charge in [-0.2, -0.15) is 8.78 Å². The zero-order chi connectivity index (χ0) is 14.5. The number of benzene rings is 1. The van der Waals surface area contributed by atoms with Crippen LogP contribution in [0.2, 0.25) is 0 Å². The van der Waals surface area contributed by atoms with Gasteiger partial charge in [-0.05, 0) is 19.1 Å². The smallest absolute Gasteiger partial charge is 0.353 e. The lowest BCUT2D eigenvalue weighted by atomic mass is 10.1. The highest BCUT2D eigenvalue weighted by Gasteiger charge is 2.44. The molecule has 0 spiro atoms. The lowest BCUT2D eigenvalue weighted by Crippen LogP contribution is -2.41. The Morgan fingerprint density at radius 1 is 1.42 bits per heavy atom. The SMILES string of the molecule is CCOc1ccccc1C(F)(F)C(=O)N(C)CCO. The molecule has 4 nitrogen and oxygen atoms in total. The van der Waals surface area contributed by atoms with Crippen molar-refractivity contribution in [2.45, 2.75) is 12.8 Å². The number of amides is 1. The number of hydrogen-bond acceptors (Lipinski definition) is 3. The number of halogens is 2. The minimum Gasteiger partial charge on any atom is -0.493 e. The highest BCUT2D eigenvalue weighted by Crippen LogP contribution is 2.36. The van der Waals surface area contributed by atoms with E-state index < -0.39 is 17.4 Å². The molecule has 1 amide bonds. The summed E-state index contributed by atoms with van der Waals surface area (Å²) in [4.78, 5) is 12.5. The number of likely N-dealkylation sites (N-methyl/N-ethyl adjacent to an activating group) is 1. The first-order valence-electron chi connectivity index (χ1n) is 5.91. The summed E-state index contributed by atoms with van der Waals surface area (Å²) in [6, 6.07) is 5.54. The second kappa shape index (κ2) is 6.47. The summed E-state index contributed by atoms with van der Waals surface area (Å²) in [5.41, 5.74) is -0.466. The van der Waals surface area contributed by atoms with Crippen LogP contribution in [0.1, 0.15) is 12.5 Å². The molecule has 1 aromatic rings. The maximum Gasteiger partial charge on any atom is 0.353 e. The number of aliphatic hydroxyl groups excluding tert-OH is 1. The van der Waals surface area contributed by atoms with Crippen molar-refractivity contribution >= 4 is 5.91 Å². The molecule has 0 unspecified atom stereocenters. The van der Waals surface area contributed by atoms with Crippen LogP contribution in [0.25, 0.3) is 0 Å². The summed E-state index contributed by atoms with van der Waals surface area (Å²) in [5.74, 6) is -5.06. The van der Waals surface area contributed by atoms with Crippen molar-refractivity contribution in [3.8, 4) is 5.75 Å². The number of hydrogen-bond donors (Lipinski definition) is 1. The molecule has 1 rings (SSSR count). The van der Waals surface area contributed by atoms with E-state index in [-0.39, 0.29) is 25.5 Å². The van der Waals surface area contributed by atoms with Gasteiger partial charge in [0.25, 0.3) is 5.91 Å². The fourth-order valence-corrected chi connectivity index (χ4v) is 1.61. The van der Waals surface area contributed by atoms with Gasteiger partial charge >= 0.3 is 5.92 Å². The fourth-order valence-electron chi connectivity index (χ4n) is 1.61. The Labute approximate surface area is 110 Å². The second-order valence-electron chi connectivity index (χ2n) is 3.95. The van der Waals surface area contributed by atoms with Gasteiger partial charge in [0.2, 0.25) is 0 Å². The van der Waals surface area contributed by atoms with E-state index >= 15 is 0 Å². The van der Waals surface area contributed by atoms with Gasteiger partial charge in [0.15, 0.2) is 0 Å². The number of carbonyl (C=O) groups excluding carboxylic acids is 1. The van der Waals surface area contributed by atoms with Crippen LogP contribution in [-0.2, 0) is 10.7 Å². The largest absolute Gasteiger partial charge is 0.493 e. The first kappa shape index (κ1) is 15.4. The van der Waals surface area contributed by atoms with Gasteiger partial charge in [0.1, 0.15) is 5.75 Å². The third-order valence-corrected chi connectivity index (χ3v) is 2.58. The van der Waals surface area contributed by atoms with Crippen molar-refractivity contribution in [3.63, 3.8) is 0 Å². The molecule has 0 saturated carbocycles. The zero-order valence-corrected chi connectivity index (χ0v) is 10.9. The molecule has 0 saturated heterocycles. The predicted octanol–water partition coefficient (Wildman–Crippen LogP) is 1.63. The van der Waals surface area contributed by atoms with Crippen molar-refractivity contribution in [2.75, 3.05) is 26.8 Å². The Kier molecular flexibility index (Phi) is 5.23. The third-order valence-electron chi connectivity index (χ3n) is 2.58. The van der Waals surface area contributed by atoms with Gasteiger partial charge in [-0.3, -0.25) is 4.79 Å². The maximum absolute atomic E-state index is 14.2. The molecule has 0 aliphatic carbocycles. The van der Waals surface area contributed by atoms with Crippen LogP contribution >= 0.6 is 0 Å².